The van der Waals surface area contributed by atoms with E-state index in [0.717, 1.165) is 16.7 Å². The molecule has 0 unspecified atom stereocenters. The maximum absolute atomic E-state index is 13.6. The number of hydrogen-bond donors (Lipinski definition) is 2. The maximum Gasteiger partial charge on any atom is 0.151 e. The van der Waals surface area contributed by atoms with Gasteiger partial charge in [-0.05, 0) is 24.3 Å². The Balaban J connectivity index is 1.77. The largest absolute Gasteiger partial charge is 0.378 e. The fourth-order valence-corrected chi connectivity index (χ4v) is 4.56. The Kier molecular flexibility index (Phi) is 5.35. The Hall–Kier alpha value is -2.51. The SMILES string of the molecule is O=P(CNc1ccccc1)(CNc1ccccc1)c1ccccc1. The molecule has 3 nitrogen and oxygen atoms in total. The maximum atomic E-state index is 13.6. The van der Waals surface area contributed by atoms with Crippen molar-refractivity contribution in [2.24, 2.45) is 0 Å². The van der Waals surface area contributed by atoms with Crippen LogP contribution in [0.3, 0.4) is 0 Å². The highest BCUT2D eigenvalue weighted by Crippen LogP contribution is 2.43. The first kappa shape index (κ1) is 16.4. The summed E-state index contributed by atoms with van der Waals surface area (Å²) in [5.74, 6) is 0. The second-order valence-electron chi connectivity index (χ2n) is 5.63. The van der Waals surface area contributed by atoms with Gasteiger partial charge in [-0.1, -0.05) is 66.7 Å². The molecule has 122 valence electrons. The molecule has 0 saturated carbocycles. The summed E-state index contributed by atoms with van der Waals surface area (Å²) in [6, 6.07) is 29.5. The van der Waals surface area contributed by atoms with Crippen LogP contribution in [-0.4, -0.2) is 12.6 Å². The van der Waals surface area contributed by atoms with Crippen LogP contribution >= 0.6 is 7.14 Å². The molecule has 0 aliphatic rings. The zero-order chi connectivity index (χ0) is 16.7. The Morgan fingerprint density at radius 2 is 0.958 bits per heavy atom. The molecule has 0 fully saturated rings. The van der Waals surface area contributed by atoms with Crippen LogP contribution in [-0.2, 0) is 4.57 Å². The second kappa shape index (κ2) is 7.85. The van der Waals surface area contributed by atoms with Gasteiger partial charge in [-0.25, -0.2) is 0 Å². The minimum Gasteiger partial charge on any atom is -0.378 e. The fraction of sp³-hybridized carbons (Fsp3) is 0.100. The lowest BCUT2D eigenvalue weighted by Gasteiger charge is -2.21. The fourth-order valence-electron chi connectivity index (χ4n) is 2.49. The second-order valence-corrected chi connectivity index (χ2v) is 8.55. The number of rotatable bonds is 7. The number of benzene rings is 3. The van der Waals surface area contributed by atoms with Crippen molar-refractivity contribution >= 4 is 23.8 Å². The zero-order valence-electron chi connectivity index (χ0n) is 13.4. The molecule has 3 aromatic carbocycles. The predicted molar refractivity (Wildman–Crippen MR) is 104 cm³/mol. The van der Waals surface area contributed by atoms with Gasteiger partial charge in [0.2, 0.25) is 0 Å². The van der Waals surface area contributed by atoms with Crippen LogP contribution in [0.4, 0.5) is 11.4 Å². The van der Waals surface area contributed by atoms with Crippen LogP contribution in [0.5, 0.6) is 0 Å². The minimum atomic E-state index is -2.62. The molecular weight excluding hydrogens is 315 g/mol. The molecule has 0 saturated heterocycles. The number of hydrogen-bond acceptors (Lipinski definition) is 3. The van der Waals surface area contributed by atoms with Crippen LogP contribution in [0.2, 0.25) is 0 Å². The standard InChI is InChI=1S/C20H21N2OP/c23-24(20-14-8-3-9-15-20,16-21-18-10-4-1-5-11-18)17-22-19-12-6-2-7-13-19/h1-15,21-22H,16-17H2. The third-order valence-corrected chi connectivity index (χ3v) is 6.43. The first-order valence-corrected chi connectivity index (χ1v) is 10.1. The van der Waals surface area contributed by atoms with E-state index < -0.39 is 7.14 Å². The lowest BCUT2D eigenvalue weighted by molar-refractivity contribution is 0.583. The van der Waals surface area contributed by atoms with Crippen molar-refractivity contribution in [1.29, 1.82) is 0 Å². The van der Waals surface area contributed by atoms with Crippen molar-refractivity contribution in [3.05, 3.63) is 91.0 Å². The topological polar surface area (TPSA) is 41.1 Å². The first-order chi connectivity index (χ1) is 11.8. The van der Waals surface area contributed by atoms with Gasteiger partial charge in [0.25, 0.3) is 0 Å². The van der Waals surface area contributed by atoms with Crippen LogP contribution < -0.4 is 15.9 Å². The smallest absolute Gasteiger partial charge is 0.151 e. The van der Waals surface area contributed by atoms with E-state index in [1.165, 1.54) is 0 Å². The van der Waals surface area contributed by atoms with Gasteiger partial charge in [0.05, 0.1) is 12.6 Å². The monoisotopic (exact) mass is 336 g/mol. The van der Waals surface area contributed by atoms with E-state index >= 15 is 0 Å². The third-order valence-electron chi connectivity index (χ3n) is 3.85. The number of nitrogens with one attached hydrogen (secondary N) is 2. The molecule has 0 amide bonds. The van der Waals surface area contributed by atoms with E-state index in [9.17, 15) is 4.57 Å². The highest BCUT2D eigenvalue weighted by atomic mass is 31.2. The summed E-state index contributed by atoms with van der Waals surface area (Å²) >= 11 is 0. The van der Waals surface area contributed by atoms with E-state index in [0.29, 0.717) is 12.6 Å². The Bertz CT molecular complexity index is 744. The first-order valence-electron chi connectivity index (χ1n) is 7.98. The van der Waals surface area contributed by atoms with Crippen LogP contribution in [0, 0.1) is 0 Å². The van der Waals surface area contributed by atoms with Gasteiger partial charge in [0.1, 0.15) is 0 Å². The van der Waals surface area contributed by atoms with Crippen LogP contribution in [0.15, 0.2) is 91.0 Å². The summed E-state index contributed by atoms with van der Waals surface area (Å²) in [5, 5.41) is 7.52. The highest BCUT2D eigenvalue weighted by Gasteiger charge is 2.24. The number of para-hydroxylation sites is 2. The van der Waals surface area contributed by atoms with Gasteiger partial charge in [-0.3, -0.25) is 0 Å². The summed E-state index contributed by atoms with van der Waals surface area (Å²) in [6.45, 7) is 0. The molecule has 0 radical (unpaired) electrons. The molecule has 0 atom stereocenters. The van der Waals surface area contributed by atoms with Crippen molar-refractivity contribution in [2.75, 3.05) is 23.2 Å². The Labute approximate surface area is 143 Å². The normalized spacial score (nSPS) is 11.0. The van der Waals surface area contributed by atoms with Gasteiger partial charge in [0, 0.05) is 16.7 Å². The summed E-state index contributed by atoms with van der Waals surface area (Å²) in [6.07, 6.45) is 0.835. The quantitative estimate of drug-likeness (QED) is 0.608. The Morgan fingerprint density at radius 3 is 1.38 bits per heavy atom. The minimum absolute atomic E-state index is 0.418. The van der Waals surface area contributed by atoms with E-state index in [1.54, 1.807) is 0 Å². The molecule has 4 heteroatoms. The molecule has 0 bridgehead atoms. The zero-order valence-corrected chi connectivity index (χ0v) is 14.3. The van der Waals surface area contributed by atoms with E-state index in [1.807, 2.05) is 91.0 Å². The lowest BCUT2D eigenvalue weighted by atomic mass is 10.3. The number of anilines is 2. The van der Waals surface area contributed by atoms with Gasteiger partial charge >= 0.3 is 0 Å². The van der Waals surface area contributed by atoms with Crippen LogP contribution in [0.25, 0.3) is 0 Å². The summed E-state index contributed by atoms with van der Waals surface area (Å²) in [4.78, 5) is 0. The van der Waals surface area contributed by atoms with Crippen molar-refractivity contribution in [1.82, 2.24) is 0 Å². The van der Waals surface area contributed by atoms with Crippen molar-refractivity contribution < 1.29 is 4.57 Å². The van der Waals surface area contributed by atoms with Gasteiger partial charge in [-0.2, -0.15) is 0 Å². The Morgan fingerprint density at radius 1 is 0.583 bits per heavy atom. The molecule has 0 aliphatic heterocycles. The summed E-state index contributed by atoms with van der Waals surface area (Å²) < 4.78 is 13.6. The molecule has 0 aliphatic carbocycles. The van der Waals surface area contributed by atoms with Gasteiger partial charge in [0.15, 0.2) is 7.14 Å². The molecule has 0 aromatic heterocycles. The van der Waals surface area contributed by atoms with E-state index in [-0.39, 0.29) is 0 Å². The molecular formula is C20H21N2OP. The molecule has 2 N–H and O–H groups in total. The van der Waals surface area contributed by atoms with Crippen molar-refractivity contribution in [3.63, 3.8) is 0 Å². The third kappa shape index (κ3) is 4.27. The van der Waals surface area contributed by atoms with Gasteiger partial charge in [-0.15, -0.1) is 0 Å². The molecule has 3 rings (SSSR count). The molecule has 0 spiro atoms. The van der Waals surface area contributed by atoms with E-state index in [2.05, 4.69) is 10.6 Å². The average Bonchev–Trinajstić information content (AvgIpc) is 2.67. The van der Waals surface area contributed by atoms with Gasteiger partial charge < -0.3 is 15.2 Å². The van der Waals surface area contributed by atoms with Crippen molar-refractivity contribution in [3.8, 4) is 0 Å². The summed E-state index contributed by atoms with van der Waals surface area (Å²) in [7, 11) is -2.62. The average molecular weight is 336 g/mol. The van der Waals surface area contributed by atoms with E-state index in [4.69, 9.17) is 0 Å². The van der Waals surface area contributed by atoms with Crippen LogP contribution in [0.1, 0.15) is 0 Å². The molecule has 0 heterocycles. The highest BCUT2D eigenvalue weighted by molar-refractivity contribution is 7.71. The molecule has 24 heavy (non-hydrogen) atoms. The summed E-state index contributed by atoms with van der Waals surface area (Å²) in [5.41, 5.74) is 1.96. The predicted octanol–water partition coefficient (Wildman–Crippen LogP) is 4.81. The van der Waals surface area contributed by atoms with Crippen molar-refractivity contribution in [2.45, 2.75) is 0 Å². The molecule has 3 aromatic rings. The lowest BCUT2D eigenvalue weighted by Crippen LogP contribution is -2.19.